The molecule has 19 heavy (non-hydrogen) atoms. The second-order valence-corrected chi connectivity index (χ2v) is 5.65. The first-order chi connectivity index (χ1) is 9.02. The summed E-state index contributed by atoms with van der Waals surface area (Å²) >= 11 is 1.68. The highest BCUT2D eigenvalue weighted by Gasteiger charge is 2.13. The fraction of sp³-hybridized carbons (Fsp3) is 0.538. The maximum absolute atomic E-state index is 11.9. The van der Waals surface area contributed by atoms with Crippen LogP contribution in [-0.4, -0.2) is 47.9 Å². The van der Waals surface area contributed by atoms with E-state index in [9.17, 15) is 4.79 Å². The summed E-state index contributed by atoms with van der Waals surface area (Å²) in [7, 11) is 3.99. The van der Waals surface area contributed by atoms with Crippen LogP contribution in [0, 0.1) is 0 Å². The Morgan fingerprint density at radius 1 is 1.58 bits per heavy atom. The number of hydrogen-bond acceptors (Lipinski definition) is 5. The van der Waals surface area contributed by atoms with E-state index in [-0.39, 0.29) is 5.91 Å². The van der Waals surface area contributed by atoms with Gasteiger partial charge in [0.2, 0.25) is 5.91 Å². The number of nitrogens with one attached hydrogen (secondary N) is 1. The summed E-state index contributed by atoms with van der Waals surface area (Å²) in [5, 5.41) is 2.76. The molecule has 0 aliphatic heterocycles. The summed E-state index contributed by atoms with van der Waals surface area (Å²) in [4.78, 5) is 18.1. The Hall–Kier alpha value is -1.11. The van der Waals surface area contributed by atoms with E-state index < -0.39 is 6.04 Å². The molecule has 1 heterocycles. The molecule has 0 saturated heterocycles. The fourth-order valence-electron chi connectivity index (χ4n) is 1.60. The molecule has 0 aliphatic carbocycles. The smallest absolute Gasteiger partial charge is 0.242 e. The topological polar surface area (TPSA) is 71.2 Å². The Kier molecular flexibility index (Phi) is 6.83. The Labute approximate surface area is 119 Å². The first kappa shape index (κ1) is 15.9. The molecule has 0 spiro atoms. The van der Waals surface area contributed by atoms with Gasteiger partial charge in [0.15, 0.2) is 0 Å². The van der Waals surface area contributed by atoms with Gasteiger partial charge in [-0.15, -0.1) is 0 Å². The van der Waals surface area contributed by atoms with Crippen molar-refractivity contribution in [3.05, 3.63) is 23.9 Å². The molecule has 106 valence electrons. The molecular weight excluding hydrogens is 260 g/mol. The van der Waals surface area contributed by atoms with E-state index in [0.29, 0.717) is 12.2 Å². The first-order valence-electron chi connectivity index (χ1n) is 6.18. The van der Waals surface area contributed by atoms with Crippen LogP contribution in [0.4, 0.5) is 5.82 Å². The van der Waals surface area contributed by atoms with E-state index in [1.54, 1.807) is 18.0 Å². The number of thioether (sulfide) groups is 1. The lowest BCUT2D eigenvalue weighted by Gasteiger charge is -2.13. The lowest BCUT2D eigenvalue weighted by Crippen LogP contribution is -2.36. The Balaban J connectivity index is 2.58. The van der Waals surface area contributed by atoms with Crippen LogP contribution in [0.2, 0.25) is 0 Å². The lowest BCUT2D eigenvalue weighted by molar-refractivity contribution is -0.117. The van der Waals surface area contributed by atoms with Gasteiger partial charge in [-0.1, -0.05) is 0 Å². The lowest BCUT2D eigenvalue weighted by atomic mass is 10.2. The van der Waals surface area contributed by atoms with Crippen molar-refractivity contribution in [1.82, 2.24) is 9.88 Å². The first-order valence-corrected chi connectivity index (χ1v) is 7.57. The SMILES string of the molecule is CSCC[C@H](N)C(=O)Nc1cc(CN(C)C)ccn1. The van der Waals surface area contributed by atoms with Crippen LogP contribution in [0.15, 0.2) is 18.3 Å². The van der Waals surface area contributed by atoms with E-state index in [1.807, 2.05) is 32.5 Å². The average molecular weight is 282 g/mol. The third kappa shape index (κ3) is 6.04. The molecule has 3 N–H and O–H groups in total. The van der Waals surface area contributed by atoms with Gasteiger partial charge in [0.05, 0.1) is 6.04 Å². The van der Waals surface area contributed by atoms with Crippen molar-refractivity contribution in [2.45, 2.75) is 19.0 Å². The second-order valence-electron chi connectivity index (χ2n) is 4.66. The summed E-state index contributed by atoms with van der Waals surface area (Å²) in [6, 6.07) is 3.33. The molecule has 6 heteroatoms. The van der Waals surface area contributed by atoms with Crippen molar-refractivity contribution in [2.75, 3.05) is 31.4 Å². The molecular formula is C13H22N4OS. The molecule has 1 amide bonds. The van der Waals surface area contributed by atoms with Gasteiger partial charge in [0, 0.05) is 12.7 Å². The predicted molar refractivity (Wildman–Crippen MR) is 81.2 cm³/mol. The predicted octanol–water partition coefficient (Wildman–Crippen LogP) is 1.16. The van der Waals surface area contributed by atoms with Gasteiger partial charge >= 0.3 is 0 Å². The number of hydrogen-bond donors (Lipinski definition) is 2. The molecule has 0 aliphatic rings. The van der Waals surface area contributed by atoms with E-state index in [4.69, 9.17) is 5.73 Å². The fourth-order valence-corrected chi connectivity index (χ4v) is 2.09. The molecule has 0 aromatic carbocycles. The molecule has 1 rings (SSSR count). The molecule has 1 aromatic rings. The summed E-state index contributed by atoms with van der Waals surface area (Å²) in [6.07, 6.45) is 4.36. The maximum atomic E-state index is 11.9. The zero-order chi connectivity index (χ0) is 14.3. The van der Waals surface area contributed by atoms with Gasteiger partial charge in [-0.25, -0.2) is 4.98 Å². The second kappa shape index (κ2) is 8.14. The summed E-state index contributed by atoms with van der Waals surface area (Å²) in [5.41, 5.74) is 6.91. The average Bonchev–Trinajstić information content (AvgIpc) is 2.35. The van der Waals surface area contributed by atoms with E-state index in [0.717, 1.165) is 17.9 Å². The molecule has 1 aromatic heterocycles. The molecule has 0 radical (unpaired) electrons. The minimum atomic E-state index is -0.480. The quantitative estimate of drug-likeness (QED) is 0.785. The van der Waals surface area contributed by atoms with E-state index >= 15 is 0 Å². The van der Waals surface area contributed by atoms with Crippen molar-refractivity contribution in [3.63, 3.8) is 0 Å². The largest absolute Gasteiger partial charge is 0.320 e. The highest BCUT2D eigenvalue weighted by Crippen LogP contribution is 2.09. The minimum Gasteiger partial charge on any atom is -0.320 e. The van der Waals surface area contributed by atoms with Crippen molar-refractivity contribution >= 4 is 23.5 Å². The monoisotopic (exact) mass is 282 g/mol. The number of amides is 1. The normalized spacial score (nSPS) is 12.5. The Bertz CT molecular complexity index is 411. The van der Waals surface area contributed by atoms with Gasteiger partial charge in [-0.3, -0.25) is 4.79 Å². The van der Waals surface area contributed by atoms with Crippen LogP contribution in [0.3, 0.4) is 0 Å². The maximum Gasteiger partial charge on any atom is 0.242 e. The van der Waals surface area contributed by atoms with Crippen LogP contribution in [-0.2, 0) is 11.3 Å². The highest BCUT2D eigenvalue weighted by molar-refractivity contribution is 7.98. The third-order valence-corrected chi connectivity index (χ3v) is 3.19. The van der Waals surface area contributed by atoms with Crippen LogP contribution in [0.25, 0.3) is 0 Å². The zero-order valence-electron chi connectivity index (χ0n) is 11.7. The van der Waals surface area contributed by atoms with Gasteiger partial charge in [-0.05, 0) is 50.2 Å². The Morgan fingerprint density at radius 3 is 2.95 bits per heavy atom. The molecule has 5 nitrogen and oxygen atoms in total. The summed E-state index contributed by atoms with van der Waals surface area (Å²) < 4.78 is 0. The van der Waals surface area contributed by atoms with Gasteiger partial charge in [-0.2, -0.15) is 11.8 Å². The van der Waals surface area contributed by atoms with Crippen molar-refractivity contribution in [2.24, 2.45) is 5.73 Å². The number of nitrogens with zero attached hydrogens (tertiary/aromatic N) is 2. The van der Waals surface area contributed by atoms with E-state index in [2.05, 4.69) is 15.2 Å². The summed E-state index contributed by atoms with van der Waals surface area (Å²) in [5.74, 6) is 1.26. The van der Waals surface area contributed by atoms with Crippen LogP contribution >= 0.6 is 11.8 Å². The number of carbonyl (C=O) groups excluding carboxylic acids is 1. The number of pyridine rings is 1. The molecule has 0 fully saturated rings. The van der Waals surface area contributed by atoms with Gasteiger partial charge in [0.25, 0.3) is 0 Å². The number of aromatic nitrogens is 1. The minimum absolute atomic E-state index is 0.177. The van der Waals surface area contributed by atoms with Crippen molar-refractivity contribution in [1.29, 1.82) is 0 Å². The highest BCUT2D eigenvalue weighted by atomic mass is 32.2. The van der Waals surface area contributed by atoms with Crippen molar-refractivity contribution in [3.8, 4) is 0 Å². The number of carbonyl (C=O) groups is 1. The van der Waals surface area contributed by atoms with Gasteiger partial charge in [0.1, 0.15) is 5.82 Å². The molecule has 1 atom stereocenters. The number of anilines is 1. The third-order valence-electron chi connectivity index (χ3n) is 2.54. The van der Waals surface area contributed by atoms with Crippen LogP contribution in [0.5, 0.6) is 0 Å². The van der Waals surface area contributed by atoms with Gasteiger partial charge < -0.3 is 16.0 Å². The van der Waals surface area contributed by atoms with E-state index in [1.165, 1.54) is 0 Å². The van der Waals surface area contributed by atoms with Crippen molar-refractivity contribution < 1.29 is 4.79 Å². The van der Waals surface area contributed by atoms with Crippen LogP contribution in [0.1, 0.15) is 12.0 Å². The molecule has 0 bridgehead atoms. The molecule has 0 saturated carbocycles. The summed E-state index contributed by atoms with van der Waals surface area (Å²) in [6.45, 7) is 0.809. The van der Waals surface area contributed by atoms with Crippen LogP contribution < -0.4 is 11.1 Å². The molecule has 0 unspecified atom stereocenters. The zero-order valence-corrected chi connectivity index (χ0v) is 12.5. The number of rotatable bonds is 7. The Morgan fingerprint density at radius 2 is 2.32 bits per heavy atom. The standard InChI is InChI=1S/C13H22N4OS/c1-17(2)9-10-4-6-15-12(8-10)16-13(18)11(14)5-7-19-3/h4,6,8,11H,5,7,9,14H2,1-3H3,(H,15,16,18)/t11-/m0/s1. The number of nitrogens with two attached hydrogens (primary N) is 1.